The highest BCUT2D eigenvalue weighted by atomic mass is 15.2. The number of aromatic nitrogens is 3. The van der Waals surface area contributed by atoms with Crippen LogP contribution in [0.2, 0.25) is 0 Å². The maximum Gasteiger partial charge on any atom is 0.0930 e. The lowest BCUT2D eigenvalue weighted by Crippen LogP contribution is -2.39. The number of aryl methyl sites for hydroxylation is 3. The molecule has 0 saturated carbocycles. The van der Waals surface area contributed by atoms with Crippen molar-refractivity contribution in [2.75, 3.05) is 4.90 Å². The van der Waals surface area contributed by atoms with Crippen LogP contribution in [-0.4, -0.2) is 21.2 Å². The fourth-order valence-corrected chi connectivity index (χ4v) is 4.76. The largest absolute Gasteiger partial charge is 0.364 e. The van der Waals surface area contributed by atoms with Gasteiger partial charge < -0.3 is 4.90 Å². The zero-order valence-corrected chi connectivity index (χ0v) is 19.7. The summed E-state index contributed by atoms with van der Waals surface area (Å²) in [6.45, 7) is 10.9. The molecule has 4 heteroatoms. The lowest BCUT2D eigenvalue weighted by molar-refractivity contribution is 0.578. The Morgan fingerprint density at radius 1 is 1.09 bits per heavy atom. The molecule has 32 heavy (non-hydrogen) atoms. The molecule has 2 aromatic carbocycles. The van der Waals surface area contributed by atoms with Gasteiger partial charge in [0, 0.05) is 47.0 Å². The molecule has 1 aliphatic heterocycles. The summed E-state index contributed by atoms with van der Waals surface area (Å²) in [4.78, 5) is 7.01. The van der Waals surface area contributed by atoms with Crippen molar-refractivity contribution in [3.8, 4) is 11.3 Å². The number of H-pyrrole nitrogens is 1. The van der Waals surface area contributed by atoms with Crippen molar-refractivity contribution < 1.29 is 2.74 Å². The SMILES string of the molecule is [2H]C1([2H])c2c(C)cc(-c3cccc4n[nH]c(C)c34)nc2CC(C)N1c1cc(C(C)C)ccc1C. The number of rotatable bonds is 3. The Morgan fingerprint density at radius 2 is 1.91 bits per heavy atom. The van der Waals surface area contributed by atoms with Gasteiger partial charge in [-0.15, -0.1) is 0 Å². The van der Waals surface area contributed by atoms with Crippen molar-refractivity contribution in [1.29, 1.82) is 0 Å². The van der Waals surface area contributed by atoms with Gasteiger partial charge in [-0.3, -0.25) is 10.1 Å². The van der Waals surface area contributed by atoms with Crippen LogP contribution < -0.4 is 4.90 Å². The van der Waals surface area contributed by atoms with Gasteiger partial charge in [-0.2, -0.15) is 5.10 Å². The zero-order valence-electron chi connectivity index (χ0n) is 21.7. The topological polar surface area (TPSA) is 44.8 Å². The Labute approximate surface area is 193 Å². The molecule has 0 bridgehead atoms. The first-order chi connectivity index (χ1) is 16.1. The second kappa shape index (κ2) is 7.77. The zero-order chi connectivity index (χ0) is 24.4. The van der Waals surface area contributed by atoms with Gasteiger partial charge in [0.1, 0.15) is 0 Å². The molecule has 3 heterocycles. The van der Waals surface area contributed by atoms with Crippen LogP contribution in [0.5, 0.6) is 0 Å². The number of hydrogen-bond acceptors (Lipinski definition) is 3. The van der Waals surface area contributed by atoms with Gasteiger partial charge in [0.15, 0.2) is 0 Å². The van der Waals surface area contributed by atoms with Crippen molar-refractivity contribution in [2.45, 2.75) is 66.4 Å². The van der Waals surface area contributed by atoms with E-state index in [9.17, 15) is 2.74 Å². The first-order valence-electron chi connectivity index (χ1n) is 12.4. The maximum atomic E-state index is 9.30. The molecule has 1 N–H and O–H groups in total. The average Bonchev–Trinajstić information content (AvgIpc) is 3.14. The summed E-state index contributed by atoms with van der Waals surface area (Å²) in [5.41, 5.74) is 9.59. The van der Waals surface area contributed by atoms with Crippen LogP contribution >= 0.6 is 0 Å². The van der Waals surface area contributed by atoms with Crippen molar-refractivity contribution in [3.05, 3.63) is 76.1 Å². The minimum absolute atomic E-state index is 0.0304. The van der Waals surface area contributed by atoms with Gasteiger partial charge in [0.25, 0.3) is 0 Å². The summed E-state index contributed by atoms with van der Waals surface area (Å²) in [7, 11) is 0. The normalized spacial score (nSPS) is 18.6. The molecule has 1 unspecified atom stereocenters. The van der Waals surface area contributed by atoms with Crippen molar-refractivity contribution in [1.82, 2.24) is 15.2 Å². The quantitative estimate of drug-likeness (QED) is 0.400. The number of nitrogens with one attached hydrogen (secondary N) is 1. The molecule has 1 aliphatic rings. The minimum Gasteiger partial charge on any atom is -0.364 e. The number of aromatic amines is 1. The van der Waals surface area contributed by atoms with Crippen LogP contribution in [0.1, 0.15) is 63.1 Å². The molecular formula is C28H32N4. The smallest absolute Gasteiger partial charge is 0.0930 e. The van der Waals surface area contributed by atoms with Gasteiger partial charge in [0.2, 0.25) is 0 Å². The van der Waals surface area contributed by atoms with Crippen LogP contribution in [0.15, 0.2) is 42.5 Å². The van der Waals surface area contributed by atoms with Crippen LogP contribution in [0.3, 0.4) is 0 Å². The second-order valence-electron chi connectivity index (χ2n) is 9.43. The van der Waals surface area contributed by atoms with Gasteiger partial charge >= 0.3 is 0 Å². The monoisotopic (exact) mass is 426 g/mol. The maximum absolute atomic E-state index is 9.30. The van der Waals surface area contributed by atoms with Crippen LogP contribution in [-0.2, 0) is 12.9 Å². The molecule has 0 spiro atoms. The third-order valence-corrected chi connectivity index (χ3v) is 6.65. The molecule has 164 valence electrons. The Balaban J connectivity index is 1.66. The molecule has 0 radical (unpaired) electrons. The summed E-state index contributed by atoms with van der Waals surface area (Å²) in [5, 5.41) is 8.56. The highest BCUT2D eigenvalue weighted by Gasteiger charge is 2.27. The average molecular weight is 427 g/mol. The third-order valence-electron chi connectivity index (χ3n) is 6.65. The second-order valence-corrected chi connectivity index (χ2v) is 9.43. The lowest BCUT2D eigenvalue weighted by atomic mass is 9.92. The van der Waals surface area contributed by atoms with E-state index in [-0.39, 0.29) is 6.04 Å². The predicted octanol–water partition coefficient (Wildman–Crippen LogP) is 6.62. The van der Waals surface area contributed by atoms with E-state index in [4.69, 9.17) is 4.98 Å². The molecule has 4 nitrogen and oxygen atoms in total. The summed E-state index contributed by atoms with van der Waals surface area (Å²) in [6.07, 6.45) is 0.690. The van der Waals surface area contributed by atoms with Crippen molar-refractivity contribution in [3.63, 3.8) is 0 Å². The molecular weight excluding hydrogens is 392 g/mol. The fourth-order valence-electron chi connectivity index (χ4n) is 4.76. The first-order valence-corrected chi connectivity index (χ1v) is 11.4. The summed E-state index contributed by atoms with van der Waals surface area (Å²) >= 11 is 0. The third kappa shape index (κ3) is 3.38. The highest BCUT2D eigenvalue weighted by molar-refractivity contribution is 5.95. The molecule has 1 atom stereocenters. The van der Waals surface area contributed by atoms with Gasteiger partial charge in [-0.1, -0.05) is 38.1 Å². The Kier molecular flexibility index (Phi) is 4.48. The standard InChI is InChI=1S/C28H32N4/c1-16(2)21-11-10-17(3)27(14-21)32-15-23-18(4)12-25(29-26(23)13-19(32)5)22-8-7-9-24-28(22)20(6)30-31-24/h7-12,14,16,19H,13,15H2,1-6H3,(H,30,31)/i15D2. The lowest BCUT2D eigenvalue weighted by Gasteiger charge is -2.38. The van der Waals surface area contributed by atoms with E-state index >= 15 is 0 Å². The first kappa shape index (κ1) is 18.4. The summed E-state index contributed by atoms with van der Waals surface area (Å²) < 4.78 is 18.6. The molecule has 0 fully saturated rings. The summed E-state index contributed by atoms with van der Waals surface area (Å²) in [6, 6.07) is 14.5. The number of hydrogen-bond donors (Lipinski definition) is 1. The number of nitrogens with zero attached hydrogens (tertiary/aromatic N) is 3. The van der Waals surface area contributed by atoms with Crippen molar-refractivity contribution >= 4 is 16.6 Å². The van der Waals surface area contributed by atoms with Crippen LogP contribution in [0.25, 0.3) is 22.2 Å². The number of pyridine rings is 1. The van der Waals surface area contributed by atoms with E-state index in [1.54, 1.807) is 0 Å². The van der Waals surface area contributed by atoms with E-state index in [1.807, 2.05) is 36.9 Å². The Morgan fingerprint density at radius 3 is 2.69 bits per heavy atom. The number of anilines is 1. The van der Waals surface area contributed by atoms with E-state index < -0.39 is 6.50 Å². The molecule has 4 aromatic rings. The highest BCUT2D eigenvalue weighted by Crippen LogP contribution is 2.36. The molecule has 2 aromatic heterocycles. The van der Waals surface area contributed by atoms with Gasteiger partial charge in [0.05, 0.1) is 14.0 Å². The Bertz CT molecular complexity index is 1400. The molecule has 0 amide bonds. The van der Waals surface area contributed by atoms with Gasteiger partial charge in [-0.05, 0) is 74.1 Å². The van der Waals surface area contributed by atoms with Crippen molar-refractivity contribution in [2.24, 2.45) is 0 Å². The number of fused-ring (bicyclic) bond motifs is 2. The summed E-state index contributed by atoms with van der Waals surface area (Å²) in [5.74, 6) is 0.387. The van der Waals surface area contributed by atoms with E-state index in [1.165, 1.54) is 5.56 Å². The molecule has 0 aliphatic carbocycles. The van der Waals surface area contributed by atoms with E-state index in [0.29, 0.717) is 17.9 Å². The molecule has 5 rings (SSSR count). The van der Waals surface area contributed by atoms with Crippen LogP contribution in [0, 0.1) is 20.8 Å². The Hall–Kier alpha value is -3.14. The predicted molar refractivity (Wildman–Crippen MR) is 133 cm³/mol. The fraction of sp³-hybridized carbons (Fsp3) is 0.357. The number of benzene rings is 2. The van der Waals surface area contributed by atoms with E-state index in [0.717, 1.165) is 50.4 Å². The molecule has 0 saturated heterocycles. The van der Waals surface area contributed by atoms with E-state index in [2.05, 4.69) is 62.2 Å². The van der Waals surface area contributed by atoms with Crippen LogP contribution in [0.4, 0.5) is 5.69 Å². The van der Waals surface area contributed by atoms with Gasteiger partial charge in [-0.25, -0.2) is 0 Å². The minimum atomic E-state index is -1.67.